The predicted molar refractivity (Wildman–Crippen MR) is 69.5 cm³/mol. The summed E-state index contributed by atoms with van der Waals surface area (Å²) < 4.78 is 0. The number of pyridine rings is 1. The number of nitrogens with zero attached hydrogens (tertiary/aromatic N) is 2. The number of carbonyl (C=O) groups excluding carboxylic acids is 1. The molecule has 1 aliphatic heterocycles. The molecule has 0 radical (unpaired) electrons. The van der Waals surface area contributed by atoms with Crippen molar-refractivity contribution in [2.45, 2.75) is 19.4 Å². The number of aliphatic hydroxyl groups is 1. The molecule has 2 heterocycles. The van der Waals surface area contributed by atoms with Gasteiger partial charge >= 0.3 is 0 Å². The van der Waals surface area contributed by atoms with Crippen LogP contribution in [0.2, 0.25) is 0 Å². The molecule has 1 aliphatic rings. The van der Waals surface area contributed by atoms with Gasteiger partial charge in [-0.05, 0) is 24.5 Å². The van der Waals surface area contributed by atoms with Crippen molar-refractivity contribution in [3.63, 3.8) is 0 Å². The summed E-state index contributed by atoms with van der Waals surface area (Å²) in [6.45, 7) is 3.15. The van der Waals surface area contributed by atoms with E-state index in [4.69, 9.17) is 0 Å². The highest BCUT2D eigenvalue weighted by Gasteiger charge is 2.28. The second-order valence-electron chi connectivity index (χ2n) is 4.77. The van der Waals surface area contributed by atoms with Crippen LogP contribution in [0.15, 0.2) is 18.3 Å². The SMILES string of the molecule is CNc1ccc(C(=O)N2CCC(O)C(C)C2)nc1. The molecule has 1 aromatic heterocycles. The van der Waals surface area contributed by atoms with E-state index in [1.54, 1.807) is 17.2 Å². The van der Waals surface area contributed by atoms with Crippen LogP contribution in [0, 0.1) is 5.92 Å². The van der Waals surface area contributed by atoms with Gasteiger partial charge in [-0.15, -0.1) is 0 Å². The summed E-state index contributed by atoms with van der Waals surface area (Å²) >= 11 is 0. The Labute approximate surface area is 107 Å². The Kier molecular flexibility index (Phi) is 3.81. The number of aromatic nitrogens is 1. The second-order valence-corrected chi connectivity index (χ2v) is 4.77. The summed E-state index contributed by atoms with van der Waals surface area (Å²) in [5.41, 5.74) is 1.34. The molecule has 2 N–H and O–H groups in total. The lowest BCUT2D eigenvalue weighted by Crippen LogP contribution is -2.45. The first-order chi connectivity index (χ1) is 8.61. The maximum Gasteiger partial charge on any atom is 0.272 e. The first-order valence-electron chi connectivity index (χ1n) is 6.23. The molecular formula is C13H19N3O2. The van der Waals surface area contributed by atoms with Crippen molar-refractivity contribution in [1.29, 1.82) is 0 Å². The van der Waals surface area contributed by atoms with Crippen molar-refractivity contribution in [2.24, 2.45) is 5.92 Å². The standard InChI is InChI=1S/C13H19N3O2/c1-9-8-16(6-5-12(9)17)13(18)11-4-3-10(14-2)7-15-11/h3-4,7,9,12,14,17H,5-6,8H2,1-2H3. The van der Waals surface area contributed by atoms with Crippen molar-refractivity contribution in [3.8, 4) is 0 Å². The van der Waals surface area contributed by atoms with Gasteiger partial charge in [-0.1, -0.05) is 6.92 Å². The minimum atomic E-state index is -0.298. The third-order valence-electron chi connectivity index (χ3n) is 3.42. The lowest BCUT2D eigenvalue weighted by atomic mass is 9.96. The smallest absolute Gasteiger partial charge is 0.272 e. The van der Waals surface area contributed by atoms with E-state index in [0.29, 0.717) is 25.2 Å². The van der Waals surface area contributed by atoms with Crippen LogP contribution in [0.3, 0.4) is 0 Å². The molecule has 0 aliphatic carbocycles. The first kappa shape index (κ1) is 12.8. The minimum absolute atomic E-state index is 0.0589. The summed E-state index contributed by atoms with van der Waals surface area (Å²) in [4.78, 5) is 18.1. The van der Waals surface area contributed by atoms with Crippen LogP contribution in [0.25, 0.3) is 0 Å². The fourth-order valence-electron chi connectivity index (χ4n) is 2.15. The number of piperidine rings is 1. The predicted octanol–water partition coefficient (Wildman–Crippen LogP) is 0.966. The van der Waals surface area contributed by atoms with E-state index in [9.17, 15) is 9.90 Å². The summed E-state index contributed by atoms with van der Waals surface area (Å²) in [6, 6.07) is 3.56. The number of amides is 1. The number of nitrogens with one attached hydrogen (secondary N) is 1. The summed E-state index contributed by atoms with van der Waals surface area (Å²) in [5.74, 6) is 0.0654. The van der Waals surface area contributed by atoms with E-state index >= 15 is 0 Å². The van der Waals surface area contributed by atoms with Crippen LogP contribution in [0.5, 0.6) is 0 Å². The Morgan fingerprint density at radius 3 is 2.89 bits per heavy atom. The van der Waals surface area contributed by atoms with Gasteiger partial charge in [-0.2, -0.15) is 0 Å². The van der Waals surface area contributed by atoms with E-state index < -0.39 is 0 Å². The molecule has 1 saturated heterocycles. The average molecular weight is 249 g/mol. The number of hydrogen-bond donors (Lipinski definition) is 2. The highest BCUT2D eigenvalue weighted by molar-refractivity contribution is 5.92. The van der Waals surface area contributed by atoms with Crippen LogP contribution >= 0.6 is 0 Å². The molecule has 0 aromatic carbocycles. The molecule has 0 spiro atoms. The summed E-state index contributed by atoms with van der Waals surface area (Å²) in [6.07, 6.45) is 1.99. The molecule has 0 saturated carbocycles. The molecule has 2 atom stereocenters. The molecule has 1 fully saturated rings. The number of likely N-dealkylation sites (tertiary alicyclic amines) is 1. The molecule has 1 amide bonds. The molecule has 2 rings (SSSR count). The number of hydrogen-bond acceptors (Lipinski definition) is 4. The third-order valence-corrected chi connectivity index (χ3v) is 3.42. The lowest BCUT2D eigenvalue weighted by Gasteiger charge is -2.34. The normalized spacial score (nSPS) is 23.8. The van der Waals surface area contributed by atoms with Gasteiger partial charge in [0.1, 0.15) is 5.69 Å². The molecule has 5 heteroatoms. The molecule has 0 bridgehead atoms. The second kappa shape index (κ2) is 5.35. The van der Waals surface area contributed by atoms with Crippen molar-refractivity contribution in [1.82, 2.24) is 9.88 Å². The quantitative estimate of drug-likeness (QED) is 0.819. The first-order valence-corrected chi connectivity index (χ1v) is 6.23. The Balaban J connectivity index is 2.06. The number of carbonyl (C=O) groups is 1. The molecule has 1 aromatic rings. The fraction of sp³-hybridized carbons (Fsp3) is 0.538. The van der Waals surface area contributed by atoms with Crippen LogP contribution in [-0.2, 0) is 0 Å². The van der Waals surface area contributed by atoms with Gasteiger partial charge in [-0.3, -0.25) is 4.79 Å². The van der Waals surface area contributed by atoms with Gasteiger partial charge in [0.05, 0.1) is 18.0 Å². The number of rotatable bonds is 2. The van der Waals surface area contributed by atoms with E-state index in [1.807, 2.05) is 20.0 Å². The van der Waals surface area contributed by atoms with Gasteiger partial charge in [0, 0.05) is 20.1 Å². The van der Waals surface area contributed by atoms with E-state index in [-0.39, 0.29) is 17.9 Å². The van der Waals surface area contributed by atoms with Gasteiger partial charge in [-0.25, -0.2) is 4.98 Å². The highest BCUT2D eigenvalue weighted by Crippen LogP contribution is 2.18. The minimum Gasteiger partial charge on any atom is -0.393 e. The highest BCUT2D eigenvalue weighted by atomic mass is 16.3. The number of anilines is 1. The van der Waals surface area contributed by atoms with Crippen LogP contribution in [-0.4, -0.2) is 47.1 Å². The van der Waals surface area contributed by atoms with Crippen molar-refractivity contribution in [3.05, 3.63) is 24.0 Å². The van der Waals surface area contributed by atoms with E-state index in [1.165, 1.54) is 0 Å². The van der Waals surface area contributed by atoms with Gasteiger partial charge < -0.3 is 15.3 Å². The van der Waals surface area contributed by atoms with Crippen LogP contribution in [0.4, 0.5) is 5.69 Å². The summed E-state index contributed by atoms with van der Waals surface area (Å²) in [5, 5.41) is 12.6. The Hall–Kier alpha value is -1.62. The monoisotopic (exact) mass is 249 g/mol. The third kappa shape index (κ3) is 2.61. The van der Waals surface area contributed by atoms with Crippen LogP contribution in [0.1, 0.15) is 23.8 Å². The average Bonchev–Trinajstić information content (AvgIpc) is 2.41. The van der Waals surface area contributed by atoms with Crippen molar-refractivity contribution >= 4 is 11.6 Å². The Morgan fingerprint density at radius 1 is 1.56 bits per heavy atom. The fourth-order valence-corrected chi connectivity index (χ4v) is 2.15. The van der Waals surface area contributed by atoms with E-state index in [2.05, 4.69) is 10.3 Å². The lowest BCUT2D eigenvalue weighted by molar-refractivity contribution is 0.0294. The zero-order valence-electron chi connectivity index (χ0n) is 10.8. The maximum atomic E-state index is 12.2. The summed E-state index contributed by atoms with van der Waals surface area (Å²) in [7, 11) is 1.81. The Bertz CT molecular complexity index is 419. The van der Waals surface area contributed by atoms with Crippen LogP contribution < -0.4 is 5.32 Å². The van der Waals surface area contributed by atoms with E-state index in [0.717, 1.165) is 5.69 Å². The van der Waals surface area contributed by atoms with Gasteiger partial charge in [0.25, 0.3) is 5.91 Å². The zero-order chi connectivity index (χ0) is 13.1. The van der Waals surface area contributed by atoms with Crippen molar-refractivity contribution < 1.29 is 9.90 Å². The number of aliphatic hydroxyl groups excluding tert-OH is 1. The van der Waals surface area contributed by atoms with Crippen molar-refractivity contribution in [2.75, 3.05) is 25.5 Å². The molecular weight excluding hydrogens is 230 g/mol. The maximum absolute atomic E-state index is 12.2. The largest absolute Gasteiger partial charge is 0.393 e. The Morgan fingerprint density at radius 2 is 2.33 bits per heavy atom. The molecule has 18 heavy (non-hydrogen) atoms. The molecule has 98 valence electrons. The molecule has 5 nitrogen and oxygen atoms in total. The van der Waals surface area contributed by atoms with Gasteiger partial charge in [0.2, 0.25) is 0 Å². The van der Waals surface area contributed by atoms with Gasteiger partial charge in [0.15, 0.2) is 0 Å². The molecule has 2 unspecified atom stereocenters. The topological polar surface area (TPSA) is 65.5 Å². The zero-order valence-corrected chi connectivity index (χ0v) is 10.8.